The van der Waals surface area contributed by atoms with Gasteiger partial charge < -0.3 is 9.47 Å². The molecular formula is C17H20N8O. The van der Waals surface area contributed by atoms with E-state index in [9.17, 15) is 4.79 Å². The first-order valence-electron chi connectivity index (χ1n) is 8.62. The first kappa shape index (κ1) is 16.4. The number of carbonyl (C=O) groups excluding carboxylic acids is 1. The number of carbonyl (C=O) groups is 1. The minimum Gasteiger partial charge on any atom is -0.335 e. The summed E-state index contributed by atoms with van der Waals surface area (Å²) in [6.07, 6.45) is 13.1. The van der Waals surface area contributed by atoms with E-state index in [1.807, 2.05) is 15.8 Å². The molecule has 3 aromatic rings. The van der Waals surface area contributed by atoms with Crippen molar-refractivity contribution in [3.8, 4) is 0 Å². The van der Waals surface area contributed by atoms with Crippen LogP contribution in [0.15, 0.2) is 43.8 Å². The van der Waals surface area contributed by atoms with Crippen molar-refractivity contribution in [2.45, 2.75) is 32.5 Å². The normalized spacial score (nSPS) is 16.9. The molecule has 9 nitrogen and oxygen atoms in total. The average Bonchev–Trinajstić information content (AvgIpc) is 3.29. The first-order valence-corrected chi connectivity index (χ1v) is 8.62. The van der Waals surface area contributed by atoms with Gasteiger partial charge in [-0.05, 0) is 12.0 Å². The number of nitrogens with zero attached hydrogens (tertiary/aromatic N) is 8. The molecule has 1 aliphatic heterocycles. The lowest BCUT2D eigenvalue weighted by Crippen LogP contribution is -2.35. The fraction of sp³-hybridized carbons (Fsp3) is 0.412. The van der Waals surface area contributed by atoms with Crippen LogP contribution in [-0.4, -0.2) is 51.6 Å². The summed E-state index contributed by atoms with van der Waals surface area (Å²) in [6, 6.07) is 0. The van der Waals surface area contributed by atoms with Gasteiger partial charge in [-0.15, -0.1) is 0 Å². The van der Waals surface area contributed by atoms with Gasteiger partial charge in [-0.1, -0.05) is 0 Å². The van der Waals surface area contributed by atoms with Gasteiger partial charge in [0.1, 0.15) is 24.8 Å². The standard InChI is InChI=1S/C17H20N8O/c26-17(2-1-14-5-18-11-19-6-14)24-8-15(9-25-13-20-12-22-25)7-23-4-3-21-16(23)10-24/h3-6,11-13,15H,1-2,7-10H2/t15-/m1/s1. The van der Waals surface area contributed by atoms with E-state index in [1.54, 1.807) is 24.9 Å². The van der Waals surface area contributed by atoms with Crippen LogP contribution in [0.1, 0.15) is 17.8 Å². The Balaban J connectivity index is 1.46. The highest BCUT2D eigenvalue weighted by Gasteiger charge is 2.25. The lowest BCUT2D eigenvalue weighted by molar-refractivity contribution is -0.132. The van der Waals surface area contributed by atoms with Gasteiger partial charge in [-0.25, -0.2) is 19.9 Å². The summed E-state index contributed by atoms with van der Waals surface area (Å²) in [5.74, 6) is 1.28. The predicted octanol–water partition coefficient (Wildman–Crippen LogP) is 0.556. The Bertz CT molecular complexity index is 845. The van der Waals surface area contributed by atoms with E-state index in [1.165, 1.54) is 12.7 Å². The molecule has 26 heavy (non-hydrogen) atoms. The summed E-state index contributed by atoms with van der Waals surface area (Å²) in [7, 11) is 0. The van der Waals surface area contributed by atoms with E-state index in [0.717, 1.165) is 17.9 Å². The monoisotopic (exact) mass is 352 g/mol. The third kappa shape index (κ3) is 3.76. The van der Waals surface area contributed by atoms with Crippen LogP contribution in [0.4, 0.5) is 0 Å². The molecular weight excluding hydrogens is 332 g/mol. The Hall–Kier alpha value is -3.10. The van der Waals surface area contributed by atoms with Crippen LogP contribution < -0.4 is 0 Å². The molecule has 0 unspecified atom stereocenters. The quantitative estimate of drug-likeness (QED) is 0.666. The number of rotatable bonds is 5. The SMILES string of the molecule is O=C(CCc1cncnc1)N1Cc2nccn2C[C@@H](Cn2cncn2)C1. The summed E-state index contributed by atoms with van der Waals surface area (Å²) in [6.45, 7) is 2.73. The van der Waals surface area contributed by atoms with Gasteiger partial charge in [0, 0.05) is 56.8 Å². The second kappa shape index (κ2) is 7.42. The van der Waals surface area contributed by atoms with Crippen molar-refractivity contribution in [2.24, 2.45) is 5.92 Å². The van der Waals surface area contributed by atoms with E-state index in [4.69, 9.17) is 0 Å². The number of aryl methyl sites for hydroxylation is 1. The van der Waals surface area contributed by atoms with E-state index < -0.39 is 0 Å². The summed E-state index contributed by atoms with van der Waals surface area (Å²) in [4.78, 5) is 31.1. The molecule has 9 heteroatoms. The van der Waals surface area contributed by atoms with Gasteiger partial charge in [0.25, 0.3) is 0 Å². The molecule has 0 saturated heterocycles. The van der Waals surface area contributed by atoms with E-state index in [2.05, 4.69) is 29.6 Å². The number of amides is 1. The number of aromatic nitrogens is 7. The fourth-order valence-electron chi connectivity index (χ4n) is 3.31. The molecule has 1 atom stereocenters. The first-order chi connectivity index (χ1) is 12.8. The Labute approximate surface area is 150 Å². The second-order valence-electron chi connectivity index (χ2n) is 6.50. The number of imidazole rings is 1. The van der Waals surface area contributed by atoms with Gasteiger partial charge in [-0.3, -0.25) is 9.48 Å². The van der Waals surface area contributed by atoms with Crippen molar-refractivity contribution in [1.82, 2.24) is 39.2 Å². The van der Waals surface area contributed by atoms with Gasteiger partial charge in [0.2, 0.25) is 5.91 Å². The molecule has 1 aliphatic rings. The summed E-state index contributed by atoms with van der Waals surface area (Å²) in [5.41, 5.74) is 0.969. The van der Waals surface area contributed by atoms with Crippen molar-refractivity contribution in [3.63, 3.8) is 0 Å². The molecule has 0 N–H and O–H groups in total. The topological polar surface area (TPSA) is 94.6 Å². The largest absolute Gasteiger partial charge is 0.335 e. The average molecular weight is 352 g/mol. The Morgan fingerprint density at radius 3 is 2.85 bits per heavy atom. The molecule has 0 spiro atoms. The van der Waals surface area contributed by atoms with Gasteiger partial charge in [0.05, 0.1) is 6.54 Å². The maximum atomic E-state index is 12.8. The van der Waals surface area contributed by atoms with Crippen LogP contribution >= 0.6 is 0 Å². The highest BCUT2D eigenvalue weighted by Crippen LogP contribution is 2.18. The second-order valence-corrected chi connectivity index (χ2v) is 6.50. The molecule has 0 saturated carbocycles. The third-order valence-electron chi connectivity index (χ3n) is 4.57. The van der Waals surface area contributed by atoms with Crippen molar-refractivity contribution < 1.29 is 4.79 Å². The minimum atomic E-state index is 0.119. The smallest absolute Gasteiger partial charge is 0.223 e. The number of hydrogen-bond donors (Lipinski definition) is 0. The van der Waals surface area contributed by atoms with E-state index in [-0.39, 0.29) is 11.8 Å². The van der Waals surface area contributed by atoms with Crippen LogP contribution in [-0.2, 0) is 30.8 Å². The van der Waals surface area contributed by atoms with Crippen LogP contribution in [0.3, 0.4) is 0 Å². The molecule has 134 valence electrons. The summed E-state index contributed by atoms with van der Waals surface area (Å²) in [5, 5.41) is 4.19. The molecule has 1 amide bonds. The van der Waals surface area contributed by atoms with Crippen molar-refractivity contribution >= 4 is 5.91 Å². The highest BCUT2D eigenvalue weighted by atomic mass is 16.2. The summed E-state index contributed by atoms with van der Waals surface area (Å²) >= 11 is 0. The molecule has 4 rings (SSSR count). The zero-order valence-electron chi connectivity index (χ0n) is 14.3. The van der Waals surface area contributed by atoms with E-state index in [0.29, 0.717) is 32.5 Å². The molecule has 0 bridgehead atoms. The summed E-state index contributed by atoms with van der Waals surface area (Å²) < 4.78 is 3.94. The maximum Gasteiger partial charge on any atom is 0.223 e. The predicted molar refractivity (Wildman–Crippen MR) is 91.5 cm³/mol. The number of fused-ring (bicyclic) bond motifs is 1. The zero-order valence-corrected chi connectivity index (χ0v) is 14.3. The van der Waals surface area contributed by atoms with Crippen LogP contribution in [0.25, 0.3) is 0 Å². The lowest BCUT2D eigenvalue weighted by Gasteiger charge is -2.24. The Kier molecular flexibility index (Phi) is 4.67. The Morgan fingerprint density at radius 1 is 1.15 bits per heavy atom. The molecule has 0 radical (unpaired) electrons. The minimum absolute atomic E-state index is 0.119. The molecule has 0 fully saturated rings. The van der Waals surface area contributed by atoms with Gasteiger partial charge in [0.15, 0.2) is 0 Å². The van der Waals surface area contributed by atoms with Crippen molar-refractivity contribution in [3.05, 3.63) is 55.2 Å². The van der Waals surface area contributed by atoms with Crippen LogP contribution in [0, 0.1) is 5.92 Å². The zero-order chi connectivity index (χ0) is 17.8. The van der Waals surface area contributed by atoms with Crippen LogP contribution in [0.5, 0.6) is 0 Å². The molecule has 0 aromatic carbocycles. The lowest BCUT2D eigenvalue weighted by atomic mass is 10.1. The van der Waals surface area contributed by atoms with Crippen LogP contribution in [0.2, 0.25) is 0 Å². The third-order valence-corrected chi connectivity index (χ3v) is 4.57. The molecule has 3 aromatic heterocycles. The van der Waals surface area contributed by atoms with Crippen molar-refractivity contribution in [1.29, 1.82) is 0 Å². The maximum absolute atomic E-state index is 12.8. The fourth-order valence-corrected chi connectivity index (χ4v) is 3.31. The van der Waals surface area contributed by atoms with Gasteiger partial charge >= 0.3 is 0 Å². The highest BCUT2D eigenvalue weighted by molar-refractivity contribution is 5.76. The van der Waals surface area contributed by atoms with E-state index >= 15 is 0 Å². The molecule has 4 heterocycles. The Morgan fingerprint density at radius 2 is 2.04 bits per heavy atom. The number of hydrogen-bond acceptors (Lipinski definition) is 6. The van der Waals surface area contributed by atoms with Gasteiger partial charge in [-0.2, -0.15) is 5.10 Å². The molecule has 0 aliphatic carbocycles. The van der Waals surface area contributed by atoms with Crippen molar-refractivity contribution in [2.75, 3.05) is 6.54 Å².